The number of thioether (sulfide) groups is 1. The van der Waals surface area contributed by atoms with Crippen LogP contribution in [0.4, 0.5) is 0 Å². The second kappa shape index (κ2) is 8.40. The molecule has 188 valence electrons. The number of nitrogens with one attached hydrogen (secondary N) is 2. The van der Waals surface area contributed by atoms with E-state index in [0.717, 1.165) is 49.1 Å². The molecule has 2 amide bonds. The average molecular weight is 500 g/mol. The van der Waals surface area contributed by atoms with E-state index in [0.29, 0.717) is 30.6 Å². The molecule has 2 saturated heterocycles. The van der Waals surface area contributed by atoms with Crippen molar-refractivity contribution in [2.75, 3.05) is 19.3 Å². The van der Waals surface area contributed by atoms with E-state index in [9.17, 15) is 19.5 Å². The van der Waals surface area contributed by atoms with E-state index in [-0.39, 0.29) is 52.7 Å². The molecule has 9 heteroatoms. The van der Waals surface area contributed by atoms with Crippen LogP contribution in [0.3, 0.4) is 0 Å². The number of nitrogens with zero attached hydrogens (tertiary/aromatic N) is 1. The highest BCUT2D eigenvalue weighted by atomic mass is 32.2. The minimum absolute atomic E-state index is 0.0406. The molecule has 35 heavy (non-hydrogen) atoms. The first-order chi connectivity index (χ1) is 16.8. The van der Waals surface area contributed by atoms with Crippen molar-refractivity contribution in [3.8, 4) is 11.5 Å². The van der Waals surface area contributed by atoms with Gasteiger partial charge in [-0.25, -0.2) is 0 Å². The van der Waals surface area contributed by atoms with E-state index < -0.39 is 0 Å². The summed E-state index contributed by atoms with van der Waals surface area (Å²) in [6, 6.07) is 1.68. The van der Waals surface area contributed by atoms with Crippen molar-refractivity contribution in [2.45, 2.75) is 81.5 Å². The van der Waals surface area contributed by atoms with Crippen molar-refractivity contribution in [1.82, 2.24) is 15.5 Å². The number of aromatic hydroxyl groups is 1. The SMILES string of the molecule is CC(=O)NC1CCC2C3Cc4c(CCC(=O)NC5CCSC5=O)cc(O)c5c4C2(CCN3C)C1O5. The van der Waals surface area contributed by atoms with Crippen LogP contribution < -0.4 is 15.4 Å². The fourth-order valence-electron chi connectivity index (χ4n) is 7.67. The maximum absolute atomic E-state index is 12.7. The molecular formula is C26H33N3O5S. The zero-order valence-corrected chi connectivity index (χ0v) is 21.1. The van der Waals surface area contributed by atoms with Crippen molar-refractivity contribution in [3.63, 3.8) is 0 Å². The number of hydrogen-bond donors (Lipinski definition) is 3. The summed E-state index contributed by atoms with van der Waals surface area (Å²) >= 11 is 1.28. The third-order valence-corrected chi connectivity index (χ3v) is 10.1. The van der Waals surface area contributed by atoms with Gasteiger partial charge in [-0.15, -0.1) is 0 Å². The number of likely N-dealkylation sites (N-methyl/N-ethyl adjacent to an activating group) is 1. The van der Waals surface area contributed by atoms with Crippen LogP contribution in [-0.4, -0.2) is 70.5 Å². The van der Waals surface area contributed by atoms with E-state index in [2.05, 4.69) is 22.6 Å². The Morgan fingerprint density at radius 2 is 2.11 bits per heavy atom. The molecule has 1 spiro atoms. The fraction of sp³-hybridized carbons (Fsp3) is 0.654. The van der Waals surface area contributed by atoms with Gasteiger partial charge in [0.05, 0.1) is 12.1 Å². The Labute approximate surface area is 209 Å². The third-order valence-electron chi connectivity index (χ3n) is 9.10. The first-order valence-electron chi connectivity index (χ1n) is 12.8. The van der Waals surface area contributed by atoms with Crippen molar-refractivity contribution < 1.29 is 24.2 Å². The molecule has 5 aliphatic rings. The Bertz CT molecular complexity index is 1110. The number of aryl methyl sites for hydroxylation is 1. The predicted molar refractivity (Wildman–Crippen MR) is 132 cm³/mol. The lowest BCUT2D eigenvalue weighted by molar-refractivity contribution is -0.124. The molecule has 3 N–H and O–H groups in total. The number of amides is 2. The Hall–Kier alpha value is -2.26. The van der Waals surface area contributed by atoms with Gasteiger partial charge in [0, 0.05) is 36.1 Å². The Balaban J connectivity index is 1.34. The van der Waals surface area contributed by atoms with Gasteiger partial charge in [0.2, 0.25) is 16.9 Å². The number of hydrogen-bond acceptors (Lipinski definition) is 7. The molecule has 6 atom stereocenters. The number of phenols is 1. The lowest BCUT2D eigenvalue weighted by Gasteiger charge is -2.59. The maximum atomic E-state index is 12.7. The van der Waals surface area contributed by atoms with Gasteiger partial charge >= 0.3 is 0 Å². The molecule has 3 fully saturated rings. The van der Waals surface area contributed by atoms with E-state index in [1.807, 2.05) is 0 Å². The van der Waals surface area contributed by atoms with Gasteiger partial charge in [-0.05, 0) is 75.2 Å². The van der Waals surface area contributed by atoms with Gasteiger partial charge in [-0.2, -0.15) is 0 Å². The summed E-state index contributed by atoms with van der Waals surface area (Å²) in [5.74, 6) is 1.69. The van der Waals surface area contributed by atoms with Gasteiger partial charge in [0.25, 0.3) is 0 Å². The Morgan fingerprint density at radius 1 is 1.29 bits per heavy atom. The number of carbonyl (C=O) groups excluding carboxylic acids is 3. The summed E-state index contributed by atoms with van der Waals surface area (Å²) in [4.78, 5) is 39.0. The molecule has 6 unspecified atom stereocenters. The zero-order valence-electron chi connectivity index (χ0n) is 20.3. The van der Waals surface area contributed by atoms with Crippen LogP contribution >= 0.6 is 11.8 Å². The number of ether oxygens (including phenoxy) is 1. The van der Waals surface area contributed by atoms with Crippen molar-refractivity contribution >= 4 is 28.7 Å². The van der Waals surface area contributed by atoms with Gasteiger partial charge in [0.15, 0.2) is 11.5 Å². The highest BCUT2D eigenvalue weighted by Gasteiger charge is 2.65. The number of likely N-dealkylation sites (tertiary alicyclic amines) is 1. The smallest absolute Gasteiger partial charge is 0.220 e. The fourth-order valence-corrected chi connectivity index (χ4v) is 8.60. The van der Waals surface area contributed by atoms with Crippen LogP contribution in [0.1, 0.15) is 55.7 Å². The minimum atomic E-state index is -0.381. The highest BCUT2D eigenvalue weighted by Crippen LogP contribution is 2.64. The van der Waals surface area contributed by atoms with Gasteiger partial charge in [-0.1, -0.05) is 11.8 Å². The van der Waals surface area contributed by atoms with Gasteiger partial charge in [-0.3, -0.25) is 14.4 Å². The van der Waals surface area contributed by atoms with Crippen molar-refractivity contribution in [1.29, 1.82) is 0 Å². The van der Waals surface area contributed by atoms with Crippen LogP contribution in [0, 0.1) is 5.92 Å². The van der Waals surface area contributed by atoms with Crippen LogP contribution in [0.2, 0.25) is 0 Å². The largest absolute Gasteiger partial charge is 0.504 e. The molecule has 2 bridgehead atoms. The van der Waals surface area contributed by atoms with Crippen molar-refractivity contribution in [2.24, 2.45) is 5.92 Å². The van der Waals surface area contributed by atoms with Crippen LogP contribution in [0.15, 0.2) is 6.07 Å². The second-order valence-corrected chi connectivity index (χ2v) is 12.0. The lowest BCUT2D eigenvalue weighted by Crippen LogP contribution is -2.68. The summed E-state index contributed by atoms with van der Waals surface area (Å²) in [5, 5.41) is 17.1. The van der Waals surface area contributed by atoms with E-state index in [1.165, 1.54) is 17.3 Å². The molecule has 8 nitrogen and oxygen atoms in total. The highest BCUT2D eigenvalue weighted by molar-refractivity contribution is 8.14. The standard InChI is InChI=1S/C26H33N3O5S/c1-13(30)27-17-5-4-16-19-12-15-14(3-6-21(32)28-18-7-10-35-25(18)33)11-20(31)23-22(15)26(16,24(17)34-23)8-9-29(19)2/h11,16-19,24,31H,3-10,12H2,1-2H3,(H,27,30)(H,28,32). The first kappa shape index (κ1) is 23.2. The second-order valence-electron chi connectivity index (χ2n) is 10.9. The van der Waals surface area contributed by atoms with Crippen molar-refractivity contribution in [3.05, 3.63) is 22.8 Å². The molecule has 3 heterocycles. The lowest BCUT2D eigenvalue weighted by atomic mass is 9.50. The third kappa shape index (κ3) is 3.49. The molecule has 1 saturated carbocycles. The number of carbonyl (C=O) groups is 3. The maximum Gasteiger partial charge on any atom is 0.220 e. The number of phenolic OH excluding ortho intramolecular Hbond substituents is 1. The summed E-state index contributed by atoms with van der Waals surface area (Å²) < 4.78 is 6.54. The average Bonchev–Trinajstić information content (AvgIpc) is 3.37. The molecule has 1 aromatic carbocycles. The van der Waals surface area contributed by atoms with Crippen LogP contribution in [0.5, 0.6) is 11.5 Å². The molecule has 2 aliphatic carbocycles. The van der Waals surface area contributed by atoms with Gasteiger partial charge < -0.3 is 25.4 Å². The molecular weight excluding hydrogens is 466 g/mol. The summed E-state index contributed by atoms with van der Waals surface area (Å²) in [7, 11) is 2.19. The Morgan fingerprint density at radius 3 is 2.86 bits per heavy atom. The number of benzene rings is 1. The van der Waals surface area contributed by atoms with Crippen LogP contribution in [0.25, 0.3) is 0 Å². The number of piperidine rings is 1. The molecule has 0 radical (unpaired) electrons. The summed E-state index contributed by atoms with van der Waals surface area (Å²) in [6.07, 6.45) is 4.97. The molecule has 1 aromatic rings. The first-order valence-corrected chi connectivity index (χ1v) is 13.8. The summed E-state index contributed by atoms with van der Waals surface area (Å²) in [6.45, 7) is 2.50. The van der Waals surface area contributed by atoms with E-state index >= 15 is 0 Å². The molecule has 3 aliphatic heterocycles. The summed E-state index contributed by atoms with van der Waals surface area (Å²) in [5.41, 5.74) is 3.10. The minimum Gasteiger partial charge on any atom is -0.504 e. The number of rotatable bonds is 5. The predicted octanol–water partition coefficient (Wildman–Crippen LogP) is 1.65. The normalized spacial score (nSPS) is 34.8. The van der Waals surface area contributed by atoms with E-state index in [1.54, 1.807) is 13.0 Å². The Kier molecular flexibility index (Phi) is 5.56. The molecule has 0 aromatic heterocycles. The van der Waals surface area contributed by atoms with Gasteiger partial charge in [0.1, 0.15) is 6.10 Å². The van der Waals surface area contributed by atoms with Crippen LogP contribution in [-0.2, 0) is 32.6 Å². The quantitative estimate of drug-likeness (QED) is 0.565. The molecule has 6 rings (SSSR count). The monoisotopic (exact) mass is 499 g/mol. The van der Waals surface area contributed by atoms with E-state index in [4.69, 9.17) is 4.74 Å². The topological polar surface area (TPSA) is 108 Å². The zero-order chi connectivity index (χ0) is 24.5.